The summed E-state index contributed by atoms with van der Waals surface area (Å²) in [5, 5.41) is 13.3. The van der Waals surface area contributed by atoms with E-state index in [4.69, 9.17) is 26.1 Å². The molecule has 0 aliphatic heterocycles. The number of nitriles is 1. The van der Waals surface area contributed by atoms with E-state index in [-0.39, 0.29) is 6.61 Å². The summed E-state index contributed by atoms with van der Waals surface area (Å²) in [5.74, 6) is 2.01. The average molecular weight is 276 g/mol. The first-order valence-electron chi connectivity index (χ1n) is 5.92. The van der Waals surface area contributed by atoms with Gasteiger partial charge in [0.2, 0.25) is 0 Å². The first kappa shape index (κ1) is 12.0. The molecular formula is C13H10ClN3O2. The molecular weight excluding hydrogens is 266 g/mol. The molecule has 1 aliphatic rings. The SMILES string of the molecule is N#Cc1c(Cl)cccc1OCc1nc(C2CC2)no1. The lowest BCUT2D eigenvalue weighted by molar-refractivity contribution is 0.242. The topological polar surface area (TPSA) is 71.9 Å². The van der Waals surface area contributed by atoms with Crippen molar-refractivity contribution in [2.45, 2.75) is 25.4 Å². The van der Waals surface area contributed by atoms with Crippen molar-refractivity contribution in [3.8, 4) is 11.8 Å². The predicted octanol–water partition coefficient (Wildman–Crippen LogP) is 3.05. The second kappa shape index (κ2) is 4.90. The first-order valence-corrected chi connectivity index (χ1v) is 6.29. The number of halogens is 1. The van der Waals surface area contributed by atoms with Crippen LogP contribution in [0.5, 0.6) is 5.75 Å². The van der Waals surface area contributed by atoms with Gasteiger partial charge < -0.3 is 9.26 Å². The molecule has 6 heteroatoms. The summed E-state index contributed by atoms with van der Waals surface area (Å²) in [6, 6.07) is 7.06. The largest absolute Gasteiger partial charge is 0.482 e. The van der Waals surface area contributed by atoms with Crippen LogP contribution in [0.4, 0.5) is 0 Å². The maximum absolute atomic E-state index is 9.02. The van der Waals surface area contributed by atoms with Gasteiger partial charge in [-0.1, -0.05) is 22.8 Å². The van der Waals surface area contributed by atoms with Crippen LogP contribution in [0, 0.1) is 11.3 Å². The standard InChI is InChI=1S/C13H10ClN3O2/c14-10-2-1-3-11(9(10)6-15)18-7-12-16-13(17-19-12)8-4-5-8/h1-3,8H,4-5,7H2. The summed E-state index contributed by atoms with van der Waals surface area (Å²) in [6.07, 6.45) is 2.24. The normalized spacial score (nSPS) is 14.1. The fraction of sp³-hybridized carbons (Fsp3) is 0.308. The zero-order valence-corrected chi connectivity index (χ0v) is 10.7. The summed E-state index contributed by atoms with van der Waals surface area (Å²) < 4.78 is 10.6. The molecule has 1 aromatic heterocycles. The fourth-order valence-electron chi connectivity index (χ4n) is 1.71. The van der Waals surface area contributed by atoms with Gasteiger partial charge in [0.25, 0.3) is 5.89 Å². The van der Waals surface area contributed by atoms with E-state index in [1.807, 2.05) is 6.07 Å². The van der Waals surface area contributed by atoms with Crippen LogP contribution in [0.3, 0.4) is 0 Å². The number of ether oxygens (including phenoxy) is 1. The van der Waals surface area contributed by atoms with Crippen LogP contribution in [-0.2, 0) is 6.61 Å². The molecule has 0 N–H and O–H groups in total. The molecule has 0 amide bonds. The van der Waals surface area contributed by atoms with Crippen molar-refractivity contribution in [2.75, 3.05) is 0 Å². The number of hydrogen-bond donors (Lipinski definition) is 0. The summed E-state index contributed by atoms with van der Waals surface area (Å²) in [7, 11) is 0. The second-order valence-electron chi connectivity index (χ2n) is 4.33. The highest BCUT2D eigenvalue weighted by molar-refractivity contribution is 6.31. The monoisotopic (exact) mass is 275 g/mol. The third-order valence-electron chi connectivity index (χ3n) is 2.86. The van der Waals surface area contributed by atoms with Gasteiger partial charge in [0, 0.05) is 5.92 Å². The molecule has 96 valence electrons. The van der Waals surface area contributed by atoms with Crippen molar-refractivity contribution in [3.63, 3.8) is 0 Å². The molecule has 0 atom stereocenters. The van der Waals surface area contributed by atoms with E-state index in [1.54, 1.807) is 18.2 Å². The quantitative estimate of drug-likeness (QED) is 0.857. The number of nitrogens with zero attached hydrogens (tertiary/aromatic N) is 3. The zero-order chi connectivity index (χ0) is 13.2. The van der Waals surface area contributed by atoms with E-state index in [9.17, 15) is 0 Å². The number of rotatable bonds is 4. The van der Waals surface area contributed by atoms with Crippen LogP contribution in [-0.4, -0.2) is 10.1 Å². The van der Waals surface area contributed by atoms with Gasteiger partial charge in [-0.3, -0.25) is 0 Å². The van der Waals surface area contributed by atoms with E-state index < -0.39 is 0 Å². The molecule has 0 radical (unpaired) electrons. The molecule has 1 saturated carbocycles. The Morgan fingerprint density at radius 3 is 3.05 bits per heavy atom. The van der Waals surface area contributed by atoms with Crippen LogP contribution in [0.2, 0.25) is 5.02 Å². The zero-order valence-electron chi connectivity index (χ0n) is 9.97. The average Bonchev–Trinajstić information content (AvgIpc) is 3.16. The van der Waals surface area contributed by atoms with Crippen molar-refractivity contribution in [3.05, 3.63) is 40.5 Å². The van der Waals surface area contributed by atoms with Gasteiger partial charge in [-0.15, -0.1) is 0 Å². The van der Waals surface area contributed by atoms with Crippen molar-refractivity contribution >= 4 is 11.6 Å². The van der Waals surface area contributed by atoms with E-state index in [0.717, 1.165) is 18.7 Å². The molecule has 1 aliphatic carbocycles. The molecule has 5 nitrogen and oxygen atoms in total. The van der Waals surface area contributed by atoms with Crippen LogP contribution in [0.15, 0.2) is 22.7 Å². The Labute approximate surface area is 114 Å². The van der Waals surface area contributed by atoms with Crippen LogP contribution >= 0.6 is 11.6 Å². The molecule has 2 aromatic rings. The van der Waals surface area contributed by atoms with Gasteiger partial charge in [-0.25, -0.2) is 0 Å². The summed E-state index contributed by atoms with van der Waals surface area (Å²) in [4.78, 5) is 4.25. The Balaban J connectivity index is 1.71. The highest BCUT2D eigenvalue weighted by atomic mass is 35.5. The number of benzene rings is 1. The molecule has 3 rings (SSSR count). The highest BCUT2D eigenvalue weighted by Gasteiger charge is 2.28. The maximum atomic E-state index is 9.02. The lowest BCUT2D eigenvalue weighted by atomic mass is 10.2. The van der Waals surface area contributed by atoms with Crippen LogP contribution < -0.4 is 4.74 Å². The summed E-state index contributed by atoms with van der Waals surface area (Å²) in [6.45, 7) is 0.134. The maximum Gasteiger partial charge on any atom is 0.264 e. The van der Waals surface area contributed by atoms with Gasteiger partial charge >= 0.3 is 0 Å². The number of hydrogen-bond acceptors (Lipinski definition) is 5. The molecule has 0 bridgehead atoms. The summed E-state index contributed by atoms with van der Waals surface area (Å²) in [5.41, 5.74) is 0.311. The van der Waals surface area contributed by atoms with Crippen molar-refractivity contribution in [1.82, 2.24) is 10.1 Å². The highest BCUT2D eigenvalue weighted by Crippen LogP contribution is 2.38. The third-order valence-corrected chi connectivity index (χ3v) is 3.18. The number of aromatic nitrogens is 2. The Kier molecular flexibility index (Phi) is 3.10. The predicted molar refractivity (Wildman–Crippen MR) is 66.8 cm³/mol. The third kappa shape index (κ3) is 2.54. The van der Waals surface area contributed by atoms with E-state index in [1.165, 1.54) is 0 Å². The lowest BCUT2D eigenvalue weighted by Crippen LogP contribution is -1.98. The Hall–Kier alpha value is -2.06. The summed E-state index contributed by atoms with van der Waals surface area (Å²) >= 11 is 5.91. The minimum Gasteiger partial charge on any atom is -0.482 e. The fourth-order valence-corrected chi connectivity index (χ4v) is 1.91. The molecule has 1 fully saturated rings. The molecule has 19 heavy (non-hydrogen) atoms. The molecule has 0 unspecified atom stereocenters. The minimum absolute atomic E-state index is 0.134. The van der Waals surface area contributed by atoms with Crippen LogP contribution in [0.1, 0.15) is 36.0 Å². The van der Waals surface area contributed by atoms with Crippen molar-refractivity contribution in [1.29, 1.82) is 5.26 Å². The van der Waals surface area contributed by atoms with E-state index >= 15 is 0 Å². The van der Waals surface area contributed by atoms with Gasteiger partial charge in [0.05, 0.1) is 5.02 Å². The molecule has 0 saturated heterocycles. The van der Waals surface area contributed by atoms with Gasteiger partial charge in [0.1, 0.15) is 17.4 Å². The van der Waals surface area contributed by atoms with E-state index in [0.29, 0.717) is 28.1 Å². The second-order valence-corrected chi connectivity index (χ2v) is 4.74. The van der Waals surface area contributed by atoms with Crippen molar-refractivity contribution < 1.29 is 9.26 Å². The molecule has 0 spiro atoms. The lowest BCUT2D eigenvalue weighted by Gasteiger charge is -2.05. The molecule has 1 aromatic carbocycles. The van der Waals surface area contributed by atoms with Crippen LogP contribution in [0.25, 0.3) is 0 Å². The Morgan fingerprint density at radius 1 is 1.47 bits per heavy atom. The smallest absolute Gasteiger partial charge is 0.264 e. The molecule has 1 heterocycles. The first-order chi connectivity index (χ1) is 9.28. The van der Waals surface area contributed by atoms with Crippen molar-refractivity contribution in [2.24, 2.45) is 0 Å². The Bertz CT molecular complexity index is 644. The minimum atomic E-state index is 0.134. The van der Waals surface area contributed by atoms with Gasteiger partial charge in [0.15, 0.2) is 12.4 Å². The van der Waals surface area contributed by atoms with E-state index in [2.05, 4.69) is 10.1 Å². The van der Waals surface area contributed by atoms with Gasteiger partial charge in [-0.2, -0.15) is 10.2 Å². The Morgan fingerprint density at radius 2 is 2.32 bits per heavy atom. The van der Waals surface area contributed by atoms with Gasteiger partial charge in [-0.05, 0) is 25.0 Å².